The van der Waals surface area contributed by atoms with Gasteiger partial charge in [-0.15, -0.1) is 0 Å². The molecule has 2 N–H and O–H groups in total. The van der Waals surface area contributed by atoms with Gasteiger partial charge in [0.2, 0.25) is 5.91 Å². The lowest BCUT2D eigenvalue weighted by Gasteiger charge is -2.23. The Kier molecular flexibility index (Phi) is 5.44. The second-order valence-corrected chi connectivity index (χ2v) is 7.89. The van der Waals surface area contributed by atoms with Gasteiger partial charge in [0.25, 0.3) is 0 Å². The first-order valence-corrected chi connectivity index (χ1v) is 9.11. The third kappa shape index (κ3) is 4.51. The Morgan fingerprint density at radius 3 is 2.69 bits per heavy atom. The van der Waals surface area contributed by atoms with Crippen molar-refractivity contribution < 1.29 is 9.53 Å². The zero-order valence-electron chi connectivity index (χ0n) is 16.0. The Balaban J connectivity index is 1.83. The molecule has 1 amide bonds. The first-order chi connectivity index (χ1) is 12.3. The number of hydrogen-bond acceptors (Lipinski definition) is 4. The summed E-state index contributed by atoms with van der Waals surface area (Å²) in [5.74, 6) is 0.655. The van der Waals surface area contributed by atoms with Gasteiger partial charge in [0.05, 0.1) is 24.6 Å². The number of benzene rings is 1. The molecule has 0 spiro atoms. The summed E-state index contributed by atoms with van der Waals surface area (Å²) < 4.78 is 7.23. The van der Waals surface area contributed by atoms with E-state index < -0.39 is 0 Å². The van der Waals surface area contributed by atoms with Gasteiger partial charge in [-0.05, 0) is 19.1 Å². The van der Waals surface area contributed by atoms with Crippen molar-refractivity contribution in [3.8, 4) is 5.69 Å². The molecule has 0 radical (unpaired) electrons. The van der Waals surface area contributed by atoms with Crippen molar-refractivity contribution in [1.29, 1.82) is 0 Å². The maximum atomic E-state index is 12.5. The van der Waals surface area contributed by atoms with E-state index in [9.17, 15) is 4.79 Å². The van der Waals surface area contributed by atoms with Crippen molar-refractivity contribution in [2.75, 3.05) is 25.1 Å². The molecule has 6 nitrogen and oxygen atoms in total. The number of morpholine rings is 1. The summed E-state index contributed by atoms with van der Waals surface area (Å²) in [6, 6.07) is 10.1. The molecule has 26 heavy (non-hydrogen) atoms. The maximum Gasteiger partial charge on any atom is 0.227 e. The highest BCUT2D eigenvalue weighted by atomic mass is 16.5. The molecule has 2 aromatic rings. The number of nitrogens with one attached hydrogen (secondary N) is 2. The van der Waals surface area contributed by atoms with Crippen molar-refractivity contribution in [2.24, 2.45) is 0 Å². The molecule has 1 aliphatic heterocycles. The van der Waals surface area contributed by atoms with Gasteiger partial charge in [-0.3, -0.25) is 4.79 Å². The lowest BCUT2D eigenvalue weighted by Crippen LogP contribution is -2.43. The number of aryl methyl sites for hydroxylation is 1. The molecule has 0 aliphatic carbocycles. The minimum Gasteiger partial charge on any atom is -0.378 e. The monoisotopic (exact) mass is 356 g/mol. The van der Waals surface area contributed by atoms with Crippen LogP contribution in [-0.2, 0) is 14.9 Å². The van der Waals surface area contributed by atoms with Gasteiger partial charge in [-0.2, -0.15) is 5.10 Å². The largest absolute Gasteiger partial charge is 0.378 e. The second kappa shape index (κ2) is 7.60. The molecule has 1 atom stereocenters. The van der Waals surface area contributed by atoms with Crippen LogP contribution in [0.2, 0.25) is 0 Å². The van der Waals surface area contributed by atoms with Crippen molar-refractivity contribution in [3.05, 3.63) is 41.6 Å². The molecule has 1 unspecified atom stereocenters. The van der Waals surface area contributed by atoms with Crippen molar-refractivity contribution >= 4 is 11.7 Å². The maximum absolute atomic E-state index is 12.5. The summed E-state index contributed by atoms with van der Waals surface area (Å²) >= 11 is 0. The molecule has 0 bridgehead atoms. The van der Waals surface area contributed by atoms with Crippen LogP contribution in [0.1, 0.15) is 38.4 Å². The summed E-state index contributed by atoms with van der Waals surface area (Å²) in [5.41, 5.74) is 2.95. The molecule has 1 aromatic heterocycles. The van der Waals surface area contributed by atoms with E-state index in [1.807, 2.05) is 35.0 Å². The summed E-state index contributed by atoms with van der Waals surface area (Å²) in [7, 11) is 0. The molecule has 1 saturated heterocycles. The first kappa shape index (κ1) is 18.6. The summed E-state index contributed by atoms with van der Waals surface area (Å²) in [6.45, 7) is 10.4. The summed E-state index contributed by atoms with van der Waals surface area (Å²) in [4.78, 5) is 12.5. The Labute approximate surface area is 154 Å². The van der Waals surface area contributed by atoms with E-state index in [0.29, 0.717) is 25.5 Å². The highest BCUT2D eigenvalue weighted by Gasteiger charge is 2.23. The number of anilines is 1. The van der Waals surface area contributed by atoms with Gasteiger partial charge in [0.15, 0.2) is 0 Å². The molecular weight excluding hydrogens is 328 g/mol. The highest BCUT2D eigenvalue weighted by molar-refractivity contribution is 5.90. The smallest absolute Gasteiger partial charge is 0.227 e. The van der Waals surface area contributed by atoms with Crippen LogP contribution in [0, 0.1) is 6.92 Å². The van der Waals surface area contributed by atoms with Gasteiger partial charge in [0.1, 0.15) is 5.82 Å². The van der Waals surface area contributed by atoms with Crippen LogP contribution >= 0.6 is 0 Å². The Hall–Kier alpha value is -2.18. The Morgan fingerprint density at radius 1 is 1.35 bits per heavy atom. The van der Waals surface area contributed by atoms with Crippen LogP contribution in [0.25, 0.3) is 5.69 Å². The van der Waals surface area contributed by atoms with E-state index in [2.05, 4.69) is 38.3 Å². The molecule has 3 rings (SSSR count). The average Bonchev–Trinajstić information content (AvgIpc) is 3.00. The summed E-state index contributed by atoms with van der Waals surface area (Å²) in [5, 5.41) is 11.1. The minimum atomic E-state index is -0.103. The molecule has 140 valence electrons. The normalized spacial score (nSPS) is 17.9. The number of hydrogen-bond donors (Lipinski definition) is 2. The van der Waals surface area contributed by atoms with E-state index in [1.54, 1.807) is 0 Å². The molecule has 1 aromatic carbocycles. The van der Waals surface area contributed by atoms with Crippen LogP contribution < -0.4 is 10.6 Å². The fourth-order valence-corrected chi connectivity index (χ4v) is 2.89. The van der Waals surface area contributed by atoms with Gasteiger partial charge in [0, 0.05) is 30.5 Å². The number of amides is 1. The standard InChI is InChI=1S/C20H28N4O2/c1-14-5-7-16(8-6-14)24-18(12-17(23-24)20(2,3)4)22-19(25)11-15-13-26-10-9-21-15/h5-8,12,15,21H,9-11,13H2,1-4H3,(H,22,25). The molecule has 0 saturated carbocycles. The lowest BCUT2D eigenvalue weighted by molar-refractivity contribution is -0.117. The zero-order chi connectivity index (χ0) is 18.7. The topological polar surface area (TPSA) is 68.2 Å². The quantitative estimate of drug-likeness (QED) is 0.884. The second-order valence-electron chi connectivity index (χ2n) is 7.89. The lowest BCUT2D eigenvalue weighted by atomic mass is 9.92. The number of carbonyl (C=O) groups excluding carboxylic acids is 1. The predicted octanol–water partition coefficient (Wildman–Crippen LogP) is 2.80. The molecule has 1 fully saturated rings. The fraction of sp³-hybridized carbons (Fsp3) is 0.500. The molecule has 1 aliphatic rings. The van der Waals surface area contributed by atoms with Crippen molar-refractivity contribution in [2.45, 2.75) is 45.6 Å². The number of aromatic nitrogens is 2. The van der Waals surface area contributed by atoms with E-state index >= 15 is 0 Å². The highest BCUT2D eigenvalue weighted by Crippen LogP contribution is 2.26. The van der Waals surface area contributed by atoms with Crippen LogP contribution in [-0.4, -0.2) is 41.5 Å². The van der Waals surface area contributed by atoms with Crippen LogP contribution in [0.5, 0.6) is 0 Å². The van der Waals surface area contributed by atoms with E-state index in [4.69, 9.17) is 9.84 Å². The van der Waals surface area contributed by atoms with Crippen molar-refractivity contribution in [3.63, 3.8) is 0 Å². The average molecular weight is 356 g/mol. The van der Waals surface area contributed by atoms with E-state index in [1.165, 1.54) is 5.56 Å². The van der Waals surface area contributed by atoms with Gasteiger partial charge < -0.3 is 15.4 Å². The predicted molar refractivity (Wildman–Crippen MR) is 103 cm³/mol. The SMILES string of the molecule is Cc1ccc(-n2nc(C(C)(C)C)cc2NC(=O)CC2COCCN2)cc1. The summed E-state index contributed by atoms with van der Waals surface area (Å²) in [6.07, 6.45) is 0.379. The third-order valence-corrected chi connectivity index (χ3v) is 4.45. The number of ether oxygens (including phenoxy) is 1. The van der Waals surface area contributed by atoms with Crippen molar-refractivity contribution in [1.82, 2.24) is 15.1 Å². The van der Waals surface area contributed by atoms with Gasteiger partial charge in [-0.25, -0.2) is 4.68 Å². The molecule has 6 heteroatoms. The first-order valence-electron chi connectivity index (χ1n) is 9.11. The number of rotatable bonds is 4. The van der Waals surface area contributed by atoms with E-state index in [-0.39, 0.29) is 17.4 Å². The third-order valence-electron chi connectivity index (χ3n) is 4.45. The number of nitrogens with zero attached hydrogens (tertiary/aromatic N) is 2. The molecular formula is C20H28N4O2. The van der Waals surface area contributed by atoms with Crippen LogP contribution in [0.15, 0.2) is 30.3 Å². The van der Waals surface area contributed by atoms with E-state index in [0.717, 1.165) is 17.9 Å². The van der Waals surface area contributed by atoms with Gasteiger partial charge in [-0.1, -0.05) is 38.5 Å². The minimum absolute atomic E-state index is 0.0401. The Morgan fingerprint density at radius 2 is 2.08 bits per heavy atom. The van der Waals surface area contributed by atoms with Gasteiger partial charge >= 0.3 is 0 Å². The Bertz CT molecular complexity index is 753. The van der Waals surface area contributed by atoms with Crippen LogP contribution in [0.3, 0.4) is 0 Å². The molecule has 2 heterocycles. The van der Waals surface area contributed by atoms with Crippen LogP contribution in [0.4, 0.5) is 5.82 Å². The fourth-order valence-electron chi connectivity index (χ4n) is 2.89. The zero-order valence-corrected chi connectivity index (χ0v) is 16.0. The number of carbonyl (C=O) groups is 1.